The fraction of sp³-hybridized carbons (Fsp3) is 0.154. The molecule has 3 aromatic rings. The molecule has 1 fully saturated rings. The number of halogens is 1. The summed E-state index contributed by atoms with van der Waals surface area (Å²) in [6, 6.07) is 21.0. The first-order valence-electron chi connectivity index (χ1n) is 10.2. The molecule has 162 valence electrons. The topological polar surface area (TPSA) is 66.8 Å². The van der Waals surface area contributed by atoms with Crippen molar-refractivity contribution in [1.29, 1.82) is 0 Å². The van der Waals surface area contributed by atoms with Crippen molar-refractivity contribution in [3.63, 3.8) is 0 Å². The van der Waals surface area contributed by atoms with Crippen molar-refractivity contribution in [1.82, 2.24) is 4.90 Å². The monoisotopic (exact) mass is 431 g/mol. The third-order valence-electron chi connectivity index (χ3n) is 5.57. The summed E-state index contributed by atoms with van der Waals surface area (Å²) in [5, 5.41) is 11.0. The number of aliphatic hydroxyl groups is 1. The number of rotatable bonds is 6. The van der Waals surface area contributed by atoms with Crippen LogP contribution in [-0.4, -0.2) is 35.4 Å². The summed E-state index contributed by atoms with van der Waals surface area (Å²) in [4.78, 5) is 27.4. The molecule has 0 radical (unpaired) electrons. The number of ketones is 1. The third-order valence-corrected chi connectivity index (χ3v) is 5.57. The number of ether oxygens (including phenoxy) is 1. The van der Waals surface area contributed by atoms with Gasteiger partial charge in [-0.05, 0) is 53.9 Å². The maximum atomic E-state index is 13.6. The number of likely N-dealkylation sites (tertiary alicyclic amines) is 1. The molecule has 0 spiro atoms. The minimum atomic E-state index is -0.818. The van der Waals surface area contributed by atoms with Gasteiger partial charge in [0.15, 0.2) is 0 Å². The Morgan fingerprint density at radius 2 is 1.62 bits per heavy atom. The zero-order valence-corrected chi connectivity index (χ0v) is 17.5. The number of hydrogen-bond acceptors (Lipinski definition) is 4. The highest BCUT2D eigenvalue weighted by Gasteiger charge is 2.45. The van der Waals surface area contributed by atoms with Gasteiger partial charge in [-0.15, -0.1) is 0 Å². The normalized spacial score (nSPS) is 17.6. The van der Waals surface area contributed by atoms with E-state index in [1.54, 1.807) is 24.3 Å². The van der Waals surface area contributed by atoms with E-state index < -0.39 is 23.5 Å². The van der Waals surface area contributed by atoms with Crippen LogP contribution in [0.25, 0.3) is 5.76 Å². The van der Waals surface area contributed by atoms with Crippen LogP contribution in [0.2, 0.25) is 0 Å². The molecule has 0 bridgehead atoms. The van der Waals surface area contributed by atoms with Crippen LogP contribution in [-0.2, 0) is 16.0 Å². The number of nitrogens with zero attached hydrogens (tertiary/aromatic N) is 1. The van der Waals surface area contributed by atoms with E-state index in [-0.39, 0.29) is 17.9 Å². The van der Waals surface area contributed by atoms with Gasteiger partial charge in [-0.2, -0.15) is 0 Å². The molecular weight excluding hydrogens is 409 g/mol. The second-order valence-electron chi connectivity index (χ2n) is 7.51. The summed E-state index contributed by atoms with van der Waals surface area (Å²) >= 11 is 0. The van der Waals surface area contributed by atoms with Gasteiger partial charge in [0.2, 0.25) is 0 Å². The Balaban J connectivity index is 1.77. The number of methoxy groups -OCH3 is 1. The highest BCUT2D eigenvalue weighted by atomic mass is 19.1. The molecule has 1 aliphatic heterocycles. The van der Waals surface area contributed by atoms with E-state index in [1.165, 1.54) is 36.3 Å². The van der Waals surface area contributed by atoms with Crippen LogP contribution >= 0.6 is 0 Å². The molecule has 6 heteroatoms. The molecule has 32 heavy (non-hydrogen) atoms. The Labute approximate surface area is 185 Å². The molecule has 0 saturated carbocycles. The first-order chi connectivity index (χ1) is 15.5. The van der Waals surface area contributed by atoms with E-state index in [0.29, 0.717) is 23.3 Å². The van der Waals surface area contributed by atoms with E-state index in [2.05, 4.69) is 0 Å². The van der Waals surface area contributed by atoms with Crippen LogP contribution in [0.1, 0.15) is 22.7 Å². The largest absolute Gasteiger partial charge is 0.507 e. The number of carbonyl (C=O) groups excluding carboxylic acids is 2. The summed E-state index contributed by atoms with van der Waals surface area (Å²) < 4.78 is 18.7. The summed E-state index contributed by atoms with van der Waals surface area (Å²) in [5.41, 5.74) is 1.94. The van der Waals surface area contributed by atoms with E-state index >= 15 is 0 Å². The maximum Gasteiger partial charge on any atom is 0.295 e. The van der Waals surface area contributed by atoms with Gasteiger partial charge < -0.3 is 14.7 Å². The number of benzene rings is 3. The van der Waals surface area contributed by atoms with Gasteiger partial charge in [0.05, 0.1) is 18.7 Å². The second-order valence-corrected chi connectivity index (χ2v) is 7.51. The lowest BCUT2D eigenvalue weighted by molar-refractivity contribution is -0.139. The predicted octanol–water partition coefficient (Wildman–Crippen LogP) is 4.50. The summed E-state index contributed by atoms with van der Waals surface area (Å²) in [7, 11) is 1.53. The van der Waals surface area contributed by atoms with Crippen LogP contribution in [0.3, 0.4) is 0 Å². The maximum absolute atomic E-state index is 13.6. The van der Waals surface area contributed by atoms with E-state index in [0.717, 1.165) is 5.56 Å². The third kappa shape index (κ3) is 4.12. The van der Waals surface area contributed by atoms with Crippen molar-refractivity contribution in [2.75, 3.05) is 13.7 Å². The van der Waals surface area contributed by atoms with Gasteiger partial charge >= 0.3 is 0 Å². The Morgan fingerprint density at radius 1 is 0.969 bits per heavy atom. The average molecular weight is 431 g/mol. The smallest absolute Gasteiger partial charge is 0.295 e. The van der Waals surface area contributed by atoms with E-state index in [9.17, 15) is 19.1 Å². The lowest BCUT2D eigenvalue weighted by Crippen LogP contribution is -2.31. The number of hydrogen-bond donors (Lipinski definition) is 1. The molecule has 0 aromatic heterocycles. The lowest BCUT2D eigenvalue weighted by Gasteiger charge is -2.25. The molecule has 1 atom stereocenters. The van der Waals surface area contributed by atoms with E-state index in [1.807, 2.05) is 30.3 Å². The Morgan fingerprint density at radius 3 is 2.25 bits per heavy atom. The second kappa shape index (κ2) is 9.06. The molecule has 1 aliphatic rings. The van der Waals surface area contributed by atoms with Crippen molar-refractivity contribution in [2.24, 2.45) is 0 Å². The standard InChI is InChI=1S/C26H22FNO4/c1-32-21-13-9-19(10-14-21)24(29)22-23(18-7-11-20(27)12-8-18)28(26(31)25(22)30)16-15-17-5-3-2-4-6-17/h2-14,23,29H,15-16H2,1H3/b24-22+. The van der Waals surface area contributed by atoms with Crippen LogP contribution in [0.5, 0.6) is 5.75 Å². The molecular formula is C26H22FNO4. The SMILES string of the molecule is COc1ccc(/C(O)=C2\C(=O)C(=O)N(CCc3ccccc3)C2c2ccc(F)cc2)cc1. The van der Waals surface area contributed by atoms with Crippen molar-refractivity contribution in [2.45, 2.75) is 12.5 Å². The van der Waals surface area contributed by atoms with Crippen LogP contribution < -0.4 is 4.74 Å². The highest BCUT2D eigenvalue weighted by Crippen LogP contribution is 2.39. The predicted molar refractivity (Wildman–Crippen MR) is 119 cm³/mol. The zero-order valence-electron chi connectivity index (χ0n) is 17.5. The molecule has 1 heterocycles. The van der Waals surface area contributed by atoms with Gasteiger partial charge in [0.1, 0.15) is 17.3 Å². The van der Waals surface area contributed by atoms with Crippen molar-refractivity contribution in [3.8, 4) is 5.75 Å². The quantitative estimate of drug-likeness (QED) is 0.355. The fourth-order valence-electron chi connectivity index (χ4n) is 3.90. The van der Waals surface area contributed by atoms with Crippen molar-refractivity contribution >= 4 is 17.4 Å². The number of amides is 1. The summed E-state index contributed by atoms with van der Waals surface area (Å²) in [5.74, 6) is -1.56. The summed E-state index contributed by atoms with van der Waals surface area (Å²) in [6.07, 6.45) is 0.536. The first-order valence-corrected chi connectivity index (χ1v) is 10.2. The molecule has 1 unspecified atom stereocenters. The highest BCUT2D eigenvalue weighted by molar-refractivity contribution is 6.46. The zero-order chi connectivity index (χ0) is 22.7. The van der Waals surface area contributed by atoms with Gasteiger partial charge in [0, 0.05) is 12.1 Å². The minimum Gasteiger partial charge on any atom is -0.507 e. The van der Waals surface area contributed by atoms with Gasteiger partial charge in [-0.1, -0.05) is 42.5 Å². The number of aliphatic hydroxyl groups excluding tert-OH is 1. The molecule has 1 saturated heterocycles. The molecule has 0 aliphatic carbocycles. The van der Waals surface area contributed by atoms with Crippen LogP contribution in [0, 0.1) is 5.82 Å². The Bertz CT molecular complexity index is 1150. The Kier molecular flexibility index (Phi) is 6.03. The molecule has 3 aromatic carbocycles. The molecule has 1 amide bonds. The average Bonchev–Trinajstić information content (AvgIpc) is 3.08. The van der Waals surface area contributed by atoms with Gasteiger partial charge in [0.25, 0.3) is 11.7 Å². The first kappa shape index (κ1) is 21.3. The molecule has 1 N–H and O–H groups in total. The molecule has 5 nitrogen and oxygen atoms in total. The minimum absolute atomic E-state index is 0.0140. The number of carbonyl (C=O) groups is 2. The fourth-order valence-corrected chi connectivity index (χ4v) is 3.90. The van der Waals surface area contributed by atoms with Crippen molar-refractivity contribution < 1.29 is 23.8 Å². The van der Waals surface area contributed by atoms with E-state index in [4.69, 9.17) is 4.74 Å². The van der Waals surface area contributed by atoms with Crippen LogP contribution in [0.4, 0.5) is 4.39 Å². The van der Waals surface area contributed by atoms with Gasteiger partial charge in [-0.3, -0.25) is 9.59 Å². The Hall–Kier alpha value is -3.93. The van der Waals surface area contributed by atoms with Crippen molar-refractivity contribution in [3.05, 3.63) is 107 Å². The lowest BCUT2D eigenvalue weighted by atomic mass is 9.95. The number of Topliss-reactive ketones (excluding diaryl/α,β-unsaturated/α-hetero) is 1. The van der Waals surface area contributed by atoms with Gasteiger partial charge in [-0.25, -0.2) is 4.39 Å². The molecule has 4 rings (SSSR count). The summed E-state index contributed by atoms with van der Waals surface area (Å²) in [6.45, 7) is 0.274. The van der Waals surface area contributed by atoms with Crippen LogP contribution in [0.15, 0.2) is 84.4 Å².